The van der Waals surface area contributed by atoms with E-state index in [4.69, 9.17) is 29.1 Å². The summed E-state index contributed by atoms with van der Waals surface area (Å²) >= 11 is 0. The topological polar surface area (TPSA) is 189 Å². The van der Waals surface area contributed by atoms with Crippen LogP contribution >= 0.6 is 7.82 Å². The normalized spacial score (nSPS) is 6.46. The van der Waals surface area contributed by atoms with Gasteiger partial charge in [0.25, 0.3) is 0 Å². The van der Waals surface area contributed by atoms with Crippen molar-refractivity contribution in [1.82, 2.24) is 0 Å². The molecule has 0 amide bonds. The van der Waals surface area contributed by atoms with E-state index in [1.54, 1.807) is 0 Å². The van der Waals surface area contributed by atoms with Gasteiger partial charge in [-0.05, 0) is 6.92 Å². The molecule has 0 aromatic rings. The Balaban J connectivity index is -0.0000000146. The number of carbonyl (C=O) groups excluding carboxylic acids is 1. The summed E-state index contributed by atoms with van der Waals surface area (Å²) in [7, 11) is -5.39. The van der Waals surface area contributed by atoms with Gasteiger partial charge in [0.2, 0.25) is 0 Å². The van der Waals surface area contributed by atoms with E-state index < -0.39 is 13.8 Å². The van der Waals surface area contributed by atoms with E-state index in [2.05, 4.69) is 0 Å². The van der Waals surface area contributed by atoms with Crippen molar-refractivity contribution < 1.29 is 40.1 Å². The molecule has 0 aliphatic rings. The van der Waals surface area contributed by atoms with Crippen molar-refractivity contribution in [3.63, 3.8) is 0 Å². The molecule has 0 aliphatic carbocycles. The van der Waals surface area contributed by atoms with E-state index in [0.717, 1.165) is 6.92 Å². The third-order valence-corrected chi connectivity index (χ3v) is 0. The maximum atomic E-state index is 8.89. The van der Waals surface area contributed by atoms with Crippen molar-refractivity contribution in [2.75, 3.05) is 0 Å². The molecule has 0 saturated heterocycles. The Bertz CT molecular complexity index is 120. The predicted octanol–water partition coefficient (Wildman–Crippen LogP) is -6.48. The number of hydrogen-bond acceptors (Lipinski definition) is 6. The molecule has 0 unspecified atom stereocenters. The van der Waals surface area contributed by atoms with E-state index in [1.165, 1.54) is 0 Å². The maximum Gasteiger partial charge on any atom is 2.00 e. The SMILES string of the molecule is CC(=O)[O-].O.O.O=P([O-])([O-])[O-].[Ca+2].[Ca+2]. The molecule has 0 radical (unpaired) electrons. The molecule has 0 rings (SSSR count). The summed E-state index contributed by atoms with van der Waals surface area (Å²) in [6, 6.07) is 0. The molecule has 8 nitrogen and oxygen atoms in total. The van der Waals surface area contributed by atoms with E-state index in [9.17, 15) is 0 Å². The molecule has 0 fully saturated rings. The summed E-state index contributed by atoms with van der Waals surface area (Å²) < 4.78 is 8.55. The Morgan fingerprint density at radius 3 is 1.08 bits per heavy atom. The molecule has 11 heteroatoms. The van der Waals surface area contributed by atoms with Crippen LogP contribution in [-0.4, -0.2) is 92.4 Å². The van der Waals surface area contributed by atoms with Gasteiger partial charge in [-0.2, -0.15) is 7.82 Å². The van der Waals surface area contributed by atoms with Crippen LogP contribution in [0.4, 0.5) is 0 Å². The molecule has 0 aromatic carbocycles. The van der Waals surface area contributed by atoms with Gasteiger partial charge in [0, 0.05) is 5.97 Å². The smallest absolute Gasteiger partial charge is 0.822 e. The second-order valence-corrected chi connectivity index (χ2v) is 1.83. The van der Waals surface area contributed by atoms with Crippen molar-refractivity contribution in [3.05, 3.63) is 0 Å². The van der Waals surface area contributed by atoms with Gasteiger partial charge in [-0.3, -0.25) is 0 Å². The molecule has 0 spiro atoms. The van der Waals surface area contributed by atoms with Crippen LogP contribution in [0, 0.1) is 0 Å². The molecule has 72 valence electrons. The fourth-order valence-electron chi connectivity index (χ4n) is 0. The Labute approximate surface area is 134 Å². The van der Waals surface area contributed by atoms with Gasteiger partial charge in [0.15, 0.2) is 0 Å². The molecule has 0 bridgehead atoms. The van der Waals surface area contributed by atoms with Gasteiger partial charge in [-0.15, -0.1) is 0 Å². The fourth-order valence-corrected chi connectivity index (χ4v) is 0. The summed E-state index contributed by atoms with van der Waals surface area (Å²) in [6.07, 6.45) is 0. The minimum Gasteiger partial charge on any atom is -0.822 e. The number of aliphatic carboxylic acids is 1. The molecular formula is C2H7Ca2O8P. The van der Waals surface area contributed by atoms with Crippen molar-refractivity contribution in [2.24, 2.45) is 0 Å². The molecule has 4 N–H and O–H groups in total. The van der Waals surface area contributed by atoms with Crippen LogP contribution in [0.2, 0.25) is 0 Å². The average molecular weight is 270 g/mol. The number of rotatable bonds is 0. The average Bonchev–Trinajstić information content (AvgIpc) is 1.19. The van der Waals surface area contributed by atoms with Gasteiger partial charge in [0.05, 0.1) is 0 Å². The quantitative estimate of drug-likeness (QED) is 0.310. The molecule has 13 heavy (non-hydrogen) atoms. The minimum atomic E-state index is -5.39. The monoisotopic (exact) mass is 270 g/mol. The number of carboxylic acid groups (broad SMARTS) is 1. The first-order chi connectivity index (χ1) is 3.73. The van der Waals surface area contributed by atoms with Gasteiger partial charge < -0.3 is 40.1 Å². The third kappa shape index (κ3) is 497. The first-order valence-electron chi connectivity index (χ1n) is 1.64. The maximum absolute atomic E-state index is 8.89. The largest absolute Gasteiger partial charge is 2.00 e. The number of carboxylic acids is 1. The second kappa shape index (κ2) is 19.6. The van der Waals surface area contributed by atoms with E-state index >= 15 is 0 Å². The predicted molar refractivity (Wildman–Crippen MR) is 37.0 cm³/mol. The molecular weight excluding hydrogens is 263 g/mol. The Morgan fingerprint density at radius 2 is 1.08 bits per heavy atom. The van der Waals surface area contributed by atoms with E-state index in [1.807, 2.05) is 0 Å². The second-order valence-electron chi connectivity index (χ2n) is 0.939. The molecule has 0 saturated carbocycles. The Kier molecular flexibility index (Phi) is 54.6. The Morgan fingerprint density at radius 1 is 1.08 bits per heavy atom. The van der Waals surface area contributed by atoms with Crippen molar-refractivity contribution >= 4 is 89.3 Å². The van der Waals surface area contributed by atoms with Crippen LogP contribution in [0.3, 0.4) is 0 Å². The number of carbonyl (C=O) groups is 1. The van der Waals surface area contributed by atoms with Crippen molar-refractivity contribution in [2.45, 2.75) is 6.92 Å². The number of hydrogen-bond donors (Lipinski definition) is 0. The zero-order chi connectivity index (χ0) is 8.08. The molecule has 0 aliphatic heterocycles. The standard InChI is InChI=1S/C2H4O2.2Ca.H3O4P.2H2O/c1-2(3)4;;;1-5(2,3)4;;/h1H3,(H,3,4);;;(H3,1,2,3,4);2*1H2/q;2*+2;;;/p-4. The van der Waals surface area contributed by atoms with Crippen LogP contribution < -0.4 is 19.8 Å². The summed E-state index contributed by atoms with van der Waals surface area (Å²) in [5.41, 5.74) is 0. The zero-order valence-corrected chi connectivity index (χ0v) is 12.1. The number of phosphoric acid groups is 1. The van der Waals surface area contributed by atoms with E-state index in [-0.39, 0.29) is 86.4 Å². The fraction of sp³-hybridized carbons (Fsp3) is 0.500. The van der Waals surface area contributed by atoms with Crippen molar-refractivity contribution in [1.29, 1.82) is 0 Å². The summed E-state index contributed by atoms with van der Waals surface area (Å²) in [5, 5.41) is 8.89. The van der Waals surface area contributed by atoms with Crippen LogP contribution in [0.25, 0.3) is 0 Å². The van der Waals surface area contributed by atoms with Gasteiger partial charge in [-0.25, -0.2) is 0 Å². The zero-order valence-electron chi connectivity index (χ0n) is 6.81. The first kappa shape index (κ1) is 36.3. The van der Waals surface area contributed by atoms with Crippen LogP contribution in [-0.2, 0) is 9.36 Å². The summed E-state index contributed by atoms with van der Waals surface area (Å²) in [4.78, 5) is 34.5. The third-order valence-electron chi connectivity index (χ3n) is 0. The molecule has 0 aromatic heterocycles. The minimum absolute atomic E-state index is 0. The first-order valence-corrected chi connectivity index (χ1v) is 3.10. The Hall–Kier alpha value is 2.02. The van der Waals surface area contributed by atoms with Crippen molar-refractivity contribution in [3.8, 4) is 0 Å². The van der Waals surface area contributed by atoms with Crippen LogP contribution in [0.15, 0.2) is 0 Å². The summed E-state index contributed by atoms with van der Waals surface area (Å²) in [6.45, 7) is 0.972. The van der Waals surface area contributed by atoms with Crippen LogP contribution in [0.5, 0.6) is 0 Å². The summed E-state index contributed by atoms with van der Waals surface area (Å²) in [5.74, 6) is -1.08. The van der Waals surface area contributed by atoms with Gasteiger partial charge in [-0.1, -0.05) is 0 Å². The van der Waals surface area contributed by atoms with E-state index in [0.29, 0.717) is 0 Å². The van der Waals surface area contributed by atoms with Gasteiger partial charge >= 0.3 is 75.5 Å². The molecule has 0 atom stereocenters. The molecule has 0 heterocycles. The van der Waals surface area contributed by atoms with Gasteiger partial charge in [0.1, 0.15) is 0 Å². The van der Waals surface area contributed by atoms with Crippen LogP contribution in [0.1, 0.15) is 6.92 Å².